The number of sulfonamides is 1. The molecule has 1 saturated carbocycles. The number of esters is 1. The number of nitrogens with one attached hydrogen (secondary N) is 1. The normalized spacial score (nSPS) is 19.9. The molecule has 184 valence electrons. The van der Waals surface area contributed by atoms with Crippen LogP contribution in [0.1, 0.15) is 30.5 Å². The summed E-state index contributed by atoms with van der Waals surface area (Å²) in [5, 5.41) is 0. The molecule has 3 aromatic rings. The van der Waals surface area contributed by atoms with Crippen molar-refractivity contribution < 1.29 is 22.7 Å². The number of nitrogens with zero attached hydrogens (tertiary/aromatic N) is 1. The number of carbonyl (C=O) groups excluding carboxylic acids is 1. The van der Waals surface area contributed by atoms with E-state index < -0.39 is 15.4 Å². The first-order chi connectivity index (χ1) is 16.8. The number of benzene rings is 2. The van der Waals surface area contributed by atoms with E-state index in [9.17, 15) is 13.2 Å². The molecule has 7 nitrogen and oxygen atoms in total. The zero-order chi connectivity index (χ0) is 24.9. The SMILES string of the molecule is COC(=O)[C@@]1(Cc2cc(-c3ccccc3OCc3ccccc3)ccn2)CC[C@H](NS(C)(=O)=O)C1. The van der Waals surface area contributed by atoms with Crippen LogP contribution < -0.4 is 9.46 Å². The standard InChI is InChI=1S/C27H30N2O5S/c1-33-26(30)27(14-12-22(17-27)29-35(2,31)32)18-23-16-21(13-15-28-23)24-10-6-7-11-25(24)34-19-20-8-4-3-5-9-20/h3-11,13,15-16,22,29H,12,14,17-19H2,1-2H3/t22-,27-/m0/s1. The van der Waals surface area contributed by atoms with Crippen LogP contribution in [0, 0.1) is 5.41 Å². The van der Waals surface area contributed by atoms with Crippen molar-refractivity contribution in [3.05, 3.63) is 84.2 Å². The van der Waals surface area contributed by atoms with Crippen LogP contribution in [0.5, 0.6) is 5.75 Å². The van der Waals surface area contributed by atoms with E-state index in [1.54, 1.807) is 6.20 Å². The van der Waals surface area contributed by atoms with Crippen molar-refractivity contribution in [3.63, 3.8) is 0 Å². The zero-order valence-electron chi connectivity index (χ0n) is 19.9. The first-order valence-corrected chi connectivity index (χ1v) is 13.4. The van der Waals surface area contributed by atoms with Crippen LogP contribution in [0.15, 0.2) is 72.9 Å². The molecule has 0 bridgehead atoms. The Morgan fingerprint density at radius 1 is 1.11 bits per heavy atom. The van der Waals surface area contributed by atoms with Crippen LogP contribution in [0.3, 0.4) is 0 Å². The van der Waals surface area contributed by atoms with Gasteiger partial charge in [0.2, 0.25) is 10.0 Å². The fraction of sp³-hybridized carbons (Fsp3) is 0.333. The lowest BCUT2D eigenvalue weighted by atomic mass is 9.81. The van der Waals surface area contributed by atoms with Gasteiger partial charge < -0.3 is 9.47 Å². The summed E-state index contributed by atoms with van der Waals surface area (Å²) in [7, 11) is -2.00. The molecule has 0 aliphatic heterocycles. The summed E-state index contributed by atoms with van der Waals surface area (Å²) in [6.07, 6.45) is 4.68. The highest BCUT2D eigenvalue weighted by Crippen LogP contribution is 2.43. The van der Waals surface area contributed by atoms with Crippen molar-refractivity contribution in [2.75, 3.05) is 13.4 Å². The van der Waals surface area contributed by atoms with E-state index in [1.165, 1.54) is 7.11 Å². The number of hydrogen-bond acceptors (Lipinski definition) is 6. The van der Waals surface area contributed by atoms with E-state index >= 15 is 0 Å². The lowest BCUT2D eigenvalue weighted by Crippen LogP contribution is -2.37. The van der Waals surface area contributed by atoms with Crippen molar-refractivity contribution >= 4 is 16.0 Å². The zero-order valence-corrected chi connectivity index (χ0v) is 20.8. The van der Waals surface area contributed by atoms with Gasteiger partial charge >= 0.3 is 5.97 Å². The van der Waals surface area contributed by atoms with E-state index in [4.69, 9.17) is 9.47 Å². The van der Waals surface area contributed by atoms with E-state index in [2.05, 4.69) is 9.71 Å². The first-order valence-electron chi connectivity index (χ1n) is 11.5. The molecule has 0 spiro atoms. The molecule has 8 heteroatoms. The monoisotopic (exact) mass is 494 g/mol. The molecule has 0 radical (unpaired) electrons. The molecule has 1 aliphatic carbocycles. The van der Waals surface area contributed by atoms with Crippen molar-refractivity contribution in [2.45, 2.75) is 38.3 Å². The molecule has 0 unspecified atom stereocenters. The summed E-state index contributed by atoms with van der Waals surface area (Å²) in [5.41, 5.74) is 2.86. The number of methoxy groups -OCH3 is 1. The number of aromatic nitrogens is 1. The second-order valence-electron chi connectivity index (χ2n) is 9.08. The average Bonchev–Trinajstić information content (AvgIpc) is 3.25. The molecular weight excluding hydrogens is 464 g/mol. The molecule has 1 fully saturated rings. The minimum atomic E-state index is -3.37. The van der Waals surface area contributed by atoms with Crippen LogP contribution in [0.2, 0.25) is 0 Å². The molecule has 35 heavy (non-hydrogen) atoms. The Morgan fingerprint density at radius 2 is 1.86 bits per heavy atom. The Morgan fingerprint density at radius 3 is 2.60 bits per heavy atom. The third kappa shape index (κ3) is 6.26. The summed E-state index contributed by atoms with van der Waals surface area (Å²) < 4.78 is 37.3. The number of rotatable bonds is 9. The summed E-state index contributed by atoms with van der Waals surface area (Å²) in [6.45, 7) is 0.454. The van der Waals surface area contributed by atoms with Crippen molar-refractivity contribution in [3.8, 4) is 16.9 Å². The predicted molar refractivity (Wildman–Crippen MR) is 134 cm³/mol. The van der Waals surface area contributed by atoms with Crippen molar-refractivity contribution in [1.29, 1.82) is 0 Å². The molecule has 1 heterocycles. The van der Waals surface area contributed by atoms with Gasteiger partial charge in [-0.25, -0.2) is 13.1 Å². The van der Waals surface area contributed by atoms with Crippen LogP contribution in [0.4, 0.5) is 0 Å². The average molecular weight is 495 g/mol. The summed E-state index contributed by atoms with van der Waals surface area (Å²) in [4.78, 5) is 17.4. The largest absolute Gasteiger partial charge is 0.488 e. The molecule has 1 aromatic heterocycles. The van der Waals surface area contributed by atoms with Crippen molar-refractivity contribution in [2.24, 2.45) is 5.41 Å². The molecule has 1 aliphatic rings. The molecule has 2 aromatic carbocycles. The summed E-state index contributed by atoms with van der Waals surface area (Å²) >= 11 is 0. The molecular formula is C27H30N2O5S. The Kier molecular flexibility index (Phi) is 7.52. The highest BCUT2D eigenvalue weighted by molar-refractivity contribution is 7.88. The van der Waals surface area contributed by atoms with Gasteiger partial charge in [-0.05, 0) is 48.6 Å². The lowest BCUT2D eigenvalue weighted by Gasteiger charge is -2.26. The number of pyridine rings is 1. The fourth-order valence-electron chi connectivity index (χ4n) is 4.82. The predicted octanol–water partition coefficient (Wildman–Crippen LogP) is 4.13. The van der Waals surface area contributed by atoms with Gasteiger partial charge in [0.25, 0.3) is 0 Å². The van der Waals surface area contributed by atoms with Gasteiger partial charge in [-0.2, -0.15) is 0 Å². The van der Waals surface area contributed by atoms with Gasteiger partial charge in [0.05, 0.1) is 18.8 Å². The van der Waals surface area contributed by atoms with Gasteiger partial charge in [-0.3, -0.25) is 9.78 Å². The van der Waals surface area contributed by atoms with Crippen LogP contribution in [-0.4, -0.2) is 38.8 Å². The fourth-order valence-corrected chi connectivity index (χ4v) is 5.63. The third-order valence-electron chi connectivity index (χ3n) is 6.38. The van der Waals surface area contributed by atoms with Crippen LogP contribution >= 0.6 is 0 Å². The number of carbonyl (C=O) groups is 1. The van der Waals surface area contributed by atoms with Gasteiger partial charge in [-0.15, -0.1) is 0 Å². The summed E-state index contributed by atoms with van der Waals surface area (Å²) in [6, 6.07) is 21.4. The van der Waals surface area contributed by atoms with Gasteiger partial charge in [0, 0.05) is 29.9 Å². The third-order valence-corrected chi connectivity index (χ3v) is 7.14. The Labute approximate surface area is 206 Å². The van der Waals surface area contributed by atoms with E-state index in [0.29, 0.717) is 32.3 Å². The topological polar surface area (TPSA) is 94.6 Å². The molecule has 4 rings (SSSR count). The maximum Gasteiger partial charge on any atom is 0.312 e. The Balaban J connectivity index is 1.57. The summed E-state index contributed by atoms with van der Waals surface area (Å²) in [5.74, 6) is 0.420. The van der Waals surface area contributed by atoms with Gasteiger partial charge in [0.15, 0.2) is 0 Å². The second-order valence-corrected chi connectivity index (χ2v) is 10.9. The van der Waals surface area contributed by atoms with E-state index in [0.717, 1.165) is 34.4 Å². The van der Waals surface area contributed by atoms with Crippen LogP contribution in [0.25, 0.3) is 11.1 Å². The Hall–Kier alpha value is -3.23. The molecule has 1 N–H and O–H groups in total. The Bertz CT molecular complexity index is 1280. The highest BCUT2D eigenvalue weighted by Gasteiger charge is 2.47. The minimum absolute atomic E-state index is 0.306. The molecule has 0 saturated heterocycles. The van der Waals surface area contributed by atoms with Crippen molar-refractivity contribution in [1.82, 2.24) is 9.71 Å². The van der Waals surface area contributed by atoms with E-state index in [1.807, 2.05) is 66.7 Å². The highest BCUT2D eigenvalue weighted by atomic mass is 32.2. The number of hydrogen-bond donors (Lipinski definition) is 1. The number of para-hydroxylation sites is 1. The minimum Gasteiger partial charge on any atom is -0.488 e. The van der Waals surface area contributed by atoms with Crippen LogP contribution in [-0.2, 0) is 32.6 Å². The smallest absolute Gasteiger partial charge is 0.312 e. The number of ether oxygens (including phenoxy) is 2. The maximum absolute atomic E-state index is 12.8. The van der Waals surface area contributed by atoms with Gasteiger partial charge in [0.1, 0.15) is 12.4 Å². The van der Waals surface area contributed by atoms with Gasteiger partial charge in [-0.1, -0.05) is 48.5 Å². The van der Waals surface area contributed by atoms with E-state index in [-0.39, 0.29) is 12.0 Å². The quantitative estimate of drug-likeness (QED) is 0.450. The molecule has 2 atom stereocenters. The first kappa shape index (κ1) is 24.9. The second kappa shape index (κ2) is 10.6. The lowest BCUT2D eigenvalue weighted by molar-refractivity contribution is -0.152. The molecule has 0 amide bonds. The maximum atomic E-state index is 12.8.